The molecule has 60 heavy (non-hydrogen) atoms. The highest BCUT2D eigenvalue weighted by Gasteiger charge is 2.69. The predicted molar refractivity (Wildman–Crippen MR) is 208 cm³/mol. The second kappa shape index (κ2) is 16.5. The Morgan fingerprint density at radius 1 is 0.733 bits per heavy atom. The first kappa shape index (κ1) is 44.3. The molecule has 0 bridgehead atoms. The van der Waals surface area contributed by atoms with Crippen LogP contribution in [-0.4, -0.2) is 165 Å². The van der Waals surface area contributed by atoms with Gasteiger partial charge in [0, 0.05) is 12.3 Å². The van der Waals surface area contributed by atoms with Gasteiger partial charge >= 0.3 is 0 Å². The first-order valence-corrected chi connectivity index (χ1v) is 22.8. The van der Waals surface area contributed by atoms with Gasteiger partial charge in [0.1, 0.15) is 61.0 Å². The second-order valence-corrected chi connectivity index (χ2v) is 20.6. The van der Waals surface area contributed by atoms with Gasteiger partial charge in [0.05, 0.1) is 38.1 Å². The van der Waals surface area contributed by atoms with E-state index in [4.69, 9.17) is 37.9 Å². The van der Waals surface area contributed by atoms with Crippen LogP contribution in [0.1, 0.15) is 92.4 Å². The van der Waals surface area contributed by atoms with Crippen LogP contribution < -0.4 is 0 Å². The first-order chi connectivity index (χ1) is 28.5. The normalized spacial score (nSPS) is 57.9. The fourth-order valence-electron chi connectivity index (χ4n) is 13.7. The van der Waals surface area contributed by atoms with Gasteiger partial charge in [0.25, 0.3) is 0 Å². The molecule has 4 aliphatic carbocycles. The van der Waals surface area contributed by atoms with Gasteiger partial charge < -0.3 is 78.7 Å². The highest BCUT2D eigenvalue weighted by Crippen LogP contribution is 2.70. The van der Waals surface area contributed by atoms with Crippen LogP contribution in [0.3, 0.4) is 0 Å². The minimum atomic E-state index is -1.70. The van der Waals surface area contributed by atoms with Crippen molar-refractivity contribution in [2.75, 3.05) is 19.8 Å². The van der Waals surface area contributed by atoms with Crippen molar-refractivity contribution in [1.29, 1.82) is 0 Å². The van der Waals surface area contributed by atoms with E-state index < -0.39 is 98.4 Å². The van der Waals surface area contributed by atoms with Crippen LogP contribution in [0.25, 0.3) is 0 Å². The van der Waals surface area contributed by atoms with Crippen molar-refractivity contribution >= 4 is 0 Å². The zero-order chi connectivity index (χ0) is 42.6. The van der Waals surface area contributed by atoms with Crippen molar-refractivity contribution in [3.63, 3.8) is 0 Å². The standard InChI is InChI=1S/C44H70O16/c1-19-8-13-44(54-17-19)20(2)30-28(60-44)15-26-24-7-6-22-14-23(9-11-42(22,4)25(24)10-12-43(26,30)5)56-41-38(59-40-35(51)33(49)31(47)21(3)55-40)36(52)37(29(16-45)57-41)58-39-34(50)32(48)27(46)18-53-39/h6,19-21,23-41,45-52H,7-18H2,1-5H3/t19-,20+,21+,23+,24-,25+,26+,27+,28+,29-,30+,31+,32-,33-,34-,35-,36+,37-,38-,39+,40+,41-,42-,43+,44-/m1/s1. The molecule has 8 fully saturated rings. The average molecular weight is 855 g/mol. The van der Waals surface area contributed by atoms with Crippen LogP contribution in [0.15, 0.2) is 11.6 Å². The molecule has 16 nitrogen and oxygen atoms in total. The van der Waals surface area contributed by atoms with Crippen molar-refractivity contribution < 1.29 is 78.7 Å². The molecule has 5 saturated heterocycles. The zero-order valence-electron chi connectivity index (χ0n) is 35.6. The summed E-state index contributed by atoms with van der Waals surface area (Å²) in [4.78, 5) is 0. The van der Waals surface area contributed by atoms with Crippen LogP contribution in [0.4, 0.5) is 0 Å². The number of aliphatic hydroxyl groups is 8. The van der Waals surface area contributed by atoms with Gasteiger partial charge in [-0.15, -0.1) is 0 Å². The van der Waals surface area contributed by atoms with E-state index in [1.807, 2.05) is 0 Å². The maximum absolute atomic E-state index is 11.9. The Morgan fingerprint density at radius 3 is 2.22 bits per heavy atom. The molecule has 8 N–H and O–H groups in total. The molecule has 0 aromatic heterocycles. The molecule has 5 heterocycles. The summed E-state index contributed by atoms with van der Waals surface area (Å²) in [5.74, 6) is 2.65. The molecule has 0 unspecified atom stereocenters. The SMILES string of the molecule is C[C@@H]1CC[C@@]2(OC1)O[C@H]1C[C@H]3[C@@H]4CC=C5C[C@@H](O[C@@H]6O[C@H](CO)[C@@H](O[C@@H]7OC[C@H](O)[C@@H](O)[C@H]7O)[C@H](O)[C@H]6O[C@@H]6O[C@@H](C)[C@H](O)[C@@H](O)[C@H]6O)CC[C@@]5(C)[C@H]4CC[C@]3(C)[C@H]1[C@@H]2C. The number of aliphatic hydroxyl groups excluding tert-OH is 8. The Labute approximate surface area is 352 Å². The lowest BCUT2D eigenvalue weighted by Crippen LogP contribution is -2.66. The van der Waals surface area contributed by atoms with Gasteiger partial charge in [-0.1, -0.05) is 39.3 Å². The Balaban J connectivity index is 0.913. The molecule has 9 rings (SSSR count). The summed E-state index contributed by atoms with van der Waals surface area (Å²) in [6.45, 7) is 10.9. The Hall–Kier alpha value is -0.900. The smallest absolute Gasteiger partial charge is 0.187 e. The van der Waals surface area contributed by atoms with Gasteiger partial charge in [-0.3, -0.25) is 0 Å². The lowest BCUT2D eigenvalue weighted by Gasteiger charge is -2.58. The predicted octanol–water partition coefficient (Wildman–Crippen LogP) is 0.853. The summed E-state index contributed by atoms with van der Waals surface area (Å²) < 4.78 is 49.8. The number of allylic oxidation sites excluding steroid dienone is 1. The van der Waals surface area contributed by atoms with Crippen LogP contribution in [-0.2, 0) is 37.9 Å². The van der Waals surface area contributed by atoms with E-state index in [0.29, 0.717) is 48.3 Å². The zero-order valence-corrected chi connectivity index (χ0v) is 35.6. The molecule has 5 aliphatic heterocycles. The van der Waals surface area contributed by atoms with Crippen molar-refractivity contribution in [2.45, 2.75) is 196 Å². The van der Waals surface area contributed by atoms with Crippen LogP contribution >= 0.6 is 0 Å². The topological polar surface area (TPSA) is 236 Å². The lowest BCUT2D eigenvalue weighted by atomic mass is 9.47. The van der Waals surface area contributed by atoms with Crippen molar-refractivity contribution in [2.24, 2.45) is 46.3 Å². The van der Waals surface area contributed by atoms with E-state index >= 15 is 0 Å². The molecule has 0 aromatic carbocycles. The monoisotopic (exact) mass is 854 g/mol. The van der Waals surface area contributed by atoms with Gasteiger partial charge in [-0.2, -0.15) is 0 Å². The largest absolute Gasteiger partial charge is 0.394 e. The molecular formula is C44H70O16. The highest BCUT2D eigenvalue weighted by molar-refractivity contribution is 5.26. The molecule has 9 aliphatic rings. The Kier molecular flexibility index (Phi) is 12.2. The summed E-state index contributed by atoms with van der Waals surface area (Å²) in [6.07, 6.45) is -9.25. The molecule has 0 amide bonds. The summed E-state index contributed by atoms with van der Waals surface area (Å²) in [6, 6.07) is 0. The fraction of sp³-hybridized carbons (Fsp3) is 0.955. The molecule has 3 saturated carbocycles. The number of hydrogen-bond donors (Lipinski definition) is 8. The van der Waals surface area contributed by atoms with E-state index in [0.717, 1.165) is 45.1 Å². The number of hydrogen-bond acceptors (Lipinski definition) is 16. The van der Waals surface area contributed by atoms with E-state index in [-0.39, 0.29) is 29.6 Å². The van der Waals surface area contributed by atoms with Crippen molar-refractivity contribution in [3.05, 3.63) is 11.6 Å². The van der Waals surface area contributed by atoms with Crippen LogP contribution in [0.2, 0.25) is 0 Å². The van der Waals surface area contributed by atoms with Gasteiger partial charge in [0.15, 0.2) is 24.7 Å². The Bertz CT molecular complexity index is 1560. The maximum Gasteiger partial charge on any atom is 0.187 e. The van der Waals surface area contributed by atoms with E-state index in [1.54, 1.807) is 0 Å². The molecule has 0 aromatic rings. The molecule has 16 heteroatoms. The maximum atomic E-state index is 11.9. The van der Waals surface area contributed by atoms with Gasteiger partial charge in [-0.05, 0) is 98.7 Å². The summed E-state index contributed by atoms with van der Waals surface area (Å²) in [5.41, 5.74) is 1.54. The van der Waals surface area contributed by atoms with Gasteiger partial charge in [-0.25, -0.2) is 0 Å². The third-order valence-electron chi connectivity index (χ3n) is 17.3. The summed E-state index contributed by atoms with van der Waals surface area (Å²) in [5, 5.41) is 85.1. The van der Waals surface area contributed by atoms with Crippen LogP contribution in [0.5, 0.6) is 0 Å². The summed E-state index contributed by atoms with van der Waals surface area (Å²) >= 11 is 0. The Morgan fingerprint density at radius 2 is 1.48 bits per heavy atom. The molecular weight excluding hydrogens is 784 g/mol. The number of rotatable bonds is 7. The van der Waals surface area contributed by atoms with Gasteiger partial charge in [0.2, 0.25) is 0 Å². The molecule has 0 radical (unpaired) electrons. The molecule has 342 valence electrons. The van der Waals surface area contributed by atoms with E-state index in [9.17, 15) is 40.9 Å². The van der Waals surface area contributed by atoms with E-state index in [1.165, 1.54) is 18.9 Å². The molecule has 1 spiro atoms. The number of ether oxygens (including phenoxy) is 8. The average Bonchev–Trinajstić information content (AvgIpc) is 3.68. The highest BCUT2D eigenvalue weighted by atomic mass is 16.8. The minimum absolute atomic E-state index is 0.0142. The quantitative estimate of drug-likeness (QED) is 0.166. The first-order valence-electron chi connectivity index (χ1n) is 22.8. The fourth-order valence-corrected chi connectivity index (χ4v) is 13.7. The van der Waals surface area contributed by atoms with Crippen molar-refractivity contribution in [3.8, 4) is 0 Å². The van der Waals surface area contributed by atoms with Crippen molar-refractivity contribution in [1.82, 2.24) is 0 Å². The second-order valence-electron chi connectivity index (χ2n) is 20.6. The third kappa shape index (κ3) is 7.19. The third-order valence-corrected chi connectivity index (χ3v) is 17.3. The van der Waals surface area contributed by atoms with Crippen LogP contribution in [0, 0.1) is 46.3 Å². The lowest BCUT2D eigenvalue weighted by molar-refractivity contribution is -0.385. The molecule has 25 atom stereocenters. The summed E-state index contributed by atoms with van der Waals surface area (Å²) in [7, 11) is 0. The van der Waals surface area contributed by atoms with E-state index in [2.05, 4.69) is 33.8 Å². The minimum Gasteiger partial charge on any atom is -0.394 e. The number of fused-ring (bicyclic) bond motifs is 7.